The van der Waals surface area contributed by atoms with Crippen LogP contribution >= 0.6 is 11.3 Å². The number of halogens is 3. The maximum atomic E-state index is 12.1. The molecule has 0 fully saturated rings. The fourth-order valence-corrected chi connectivity index (χ4v) is 3.70. The average molecular weight is 281 g/mol. The van der Waals surface area contributed by atoms with Crippen LogP contribution in [0, 0.1) is 0 Å². The molecule has 1 heterocycles. The average Bonchev–Trinajstić information content (AvgIpc) is 2.57. The summed E-state index contributed by atoms with van der Waals surface area (Å²) in [6, 6.07) is 6.47. The Labute approximate surface area is 98.8 Å². The summed E-state index contributed by atoms with van der Waals surface area (Å²) < 4.78 is 59.2. The van der Waals surface area contributed by atoms with Crippen LogP contribution in [0.5, 0.6) is 0 Å². The van der Waals surface area contributed by atoms with Crippen molar-refractivity contribution in [2.75, 3.05) is 5.75 Å². The molecule has 2 aromatic rings. The van der Waals surface area contributed by atoms with Crippen molar-refractivity contribution in [3.05, 3.63) is 24.3 Å². The van der Waals surface area contributed by atoms with Crippen molar-refractivity contribution in [3.8, 4) is 0 Å². The van der Waals surface area contributed by atoms with Gasteiger partial charge in [-0.05, 0) is 12.1 Å². The standard InChI is InChI=1S/C9H6F3NO2S2/c10-9(11,12)5-17(14,15)8-13-6-3-1-2-4-7(6)16-8/h1-4H,5H2. The highest BCUT2D eigenvalue weighted by Gasteiger charge is 2.37. The van der Waals surface area contributed by atoms with Gasteiger partial charge < -0.3 is 0 Å². The lowest BCUT2D eigenvalue weighted by atomic mass is 10.3. The van der Waals surface area contributed by atoms with Crippen molar-refractivity contribution in [2.45, 2.75) is 10.5 Å². The van der Waals surface area contributed by atoms with Gasteiger partial charge in [0.1, 0.15) is 0 Å². The Kier molecular flexibility index (Phi) is 2.86. The molecule has 0 saturated heterocycles. The topological polar surface area (TPSA) is 47.0 Å². The van der Waals surface area contributed by atoms with Gasteiger partial charge in [0.2, 0.25) is 14.2 Å². The first-order chi connectivity index (χ1) is 7.78. The van der Waals surface area contributed by atoms with E-state index in [1.807, 2.05) is 0 Å². The first-order valence-electron chi connectivity index (χ1n) is 4.43. The van der Waals surface area contributed by atoms with E-state index < -0.39 is 26.1 Å². The molecule has 0 saturated carbocycles. The summed E-state index contributed by atoms with van der Waals surface area (Å²) in [5, 5.41) is 0. The zero-order valence-electron chi connectivity index (χ0n) is 8.23. The molecule has 1 aromatic carbocycles. The fraction of sp³-hybridized carbons (Fsp3) is 0.222. The molecule has 0 N–H and O–H groups in total. The number of alkyl halides is 3. The molecule has 3 nitrogen and oxygen atoms in total. The highest BCUT2D eigenvalue weighted by atomic mass is 32.2. The van der Waals surface area contributed by atoms with E-state index in [9.17, 15) is 21.6 Å². The number of benzene rings is 1. The lowest BCUT2D eigenvalue weighted by Crippen LogP contribution is -2.22. The van der Waals surface area contributed by atoms with Crippen LogP contribution in [0.25, 0.3) is 10.2 Å². The largest absolute Gasteiger partial charge is 0.403 e. The number of fused-ring (bicyclic) bond motifs is 1. The van der Waals surface area contributed by atoms with E-state index >= 15 is 0 Å². The summed E-state index contributed by atoms with van der Waals surface area (Å²) in [5.41, 5.74) is 0.387. The highest BCUT2D eigenvalue weighted by molar-refractivity contribution is 7.93. The van der Waals surface area contributed by atoms with Gasteiger partial charge in [0.15, 0.2) is 5.75 Å². The Morgan fingerprint density at radius 1 is 1.24 bits per heavy atom. The summed E-state index contributed by atoms with van der Waals surface area (Å²) in [5.74, 6) is -1.88. The molecule has 0 bridgehead atoms. The number of hydrogen-bond acceptors (Lipinski definition) is 4. The van der Waals surface area contributed by atoms with Gasteiger partial charge in [-0.2, -0.15) is 13.2 Å². The molecule has 2 rings (SSSR count). The minimum absolute atomic E-state index is 0.387. The number of rotatable bonds is 2. The van der Waals surface area contributed by atoms with E-state index in [-0.39, 0.29) is 0 Å². The number of aromatic nitrogens is 1. The van der Waals surface area contributed by atoms with Crippen molar-refractivity contribution >= 4 is 31.4 Å². The van der Waals surface area contributed by atoms with Crippen LogP contribution in [0.1, 0.15) is 0 Å². The van der Waals surface area contributed by atoms with Crippen LogP contribution in [-0.4, -0.2) is 25.3 Å². The summed E-state index contributed by atoms with van der Waals surface area (Å²) >= 11 is 0.746. The van der Waals surface area contributed by atoms with Crippen molar-refractivity contribution < 1.29 is 21.6 Å². The van der Waals surface area contributed by atoms with Gasteiger partial charge in [-0.1, -0.05) is 12.1 Å². The van der Waals surface area contributed by atoms with Crippen molar-refractivity contribution in [3.63, 3.8) is 0 Å². The third kappa shape index (κ3) is 2.75. The quantitative estimate of drug-likeness (QED) is 0.850. The lowest BCUT2D eigenvalue weighted by molar-refractivity contribution is -0.106. The molecule has 0 aliphatic rings. The molecule has 8 heteroatoms. The molecule has 92 valence electrons. The van der Waals surface area contributed by atoms with Gasteiger partial charge >= 0.3 is 6.18 Å². The third-order valence-electron chi connectivity index (χ3n) is 1.89. The van der Waals surface area contributed by atoms with Gasteiger partial charge in [0, 0.05) is 0 Å². The zero-order chi connectivity index (χ0) is 12.7. The van der Waals surface area contributed by atoms with E-state index in [4.69, 9.17) is 0 Å². The van der Waals surface area contributed by atoms with Crippen LogP contribution in [0.3, 0.4) is 0 Å². The molecule has 0 radical (unpaired) electrons. The third-order valence-corrected chi connectivity index (χ3v) is 5.07. The predicted molar refractivity (Wildman–Crippen MR) is 57.7 cm³/mol. The van der Waals surface area contributed by atoms with Crippen molar-refractivity contribution in [2.24, 2.45) is 0 Å². The molecule has 0 amide bonds. The Balaban J connectivity index is 2.46. The highest BCUT2D eigenvalue weighted by Crippen LogP contribution is 2.28. The fourth-order valence-electron chi connectivity index (χ4n) is 1.26. The minimum atomic E-state index is -4.75. The zero-order valence-corrected chi connectivity index (χ0v) is 9.86. The molecule has 0 aliphatic heterocycles. The molecule has 1 aromatic heterocycles. The Bertz CT molecular complexity index is 613. The van der Waals surface area contributed by atoms with E-state index in [1.54, 1.807) is 24.3 Å². The minimum Gasteiger partial charge on any atom is -0.225 e. The van der Waals surface area contributed by atoms with Crippen LogP contribution in [0.15, 0.2) is 28.6 Å². The summed E-state index contributed by atoms with van der Waals surface area (Å²) in [4.78, 5) is 3.70. The first kappa shape index (κ1) is 12.3. The molecular weight excluding hydrogens is 275 g/mol. The van der Waals surface area contributed by atoms with E-state index in [2.05, 4.69) is 4.98 Å². The lowest BCUT2D eigenvalue weighted by Gasteiger charge is -2.04. The van der Waals surface area contributed by atoms with Gasteiger partial charge in [-0.25, -0.2) is 13.4 Å². The Morgan fingerprint density at radius 2 is 1.88 bits per heavy atom. The molecule has 0 unspecified atom stereocenters. The summed E-state index contributed by atoms with van der Waals surface area (Å²) in [7, 11) is -4.40. The monoisotopic (exact) mass is 281 g/mol. The molecule has 17 heavy (non-hydrogen) atoms. The maximum absolute atomic E-state index is 12.1. The number of para-hydroxylation sites is 1. The predicted octanol–water partition coefficient (Wildman–Crippen LogP) is 2.63. The Morgan fingerprint density at radius 3 is 2.47 bits per heavy atom. The Hall–Kier alpha value is -1.15. The van der Waals surface area contributed by atoms with Crippen LogP contribution in [0.2, 0.25) is 0 Å². The molecular formula is C9H6F3NO2S2. The van der Waals surface area contributed by atoms with Gasteiger partial charge in [0.25, 0.3) is 0 Å². The van der Waals surface area contributed by atoms with Crippen molar-refractivity contribution in [1.82, 2.24) is 4.98 Å². The van der Waals surface area contributed by atoms with Gasteiger partial charge in [0.05, 0.1) is 10.2 Å². The summed E-state index contributed by atoms with van der Waals surface area (Å²) in [6.07, 6.45) is -4.75. The van der Waals surface area contributed by atoms with Gasteiger partial charge in [-0.3, -0.25) is 0 Å². The van der Waals surface area contributed by atoms with Crippen LogP contribution in [0.4, 0.5) is 13.2 Å². The van der Waals surface area contributed by atoms with Crippen LogP contribution in [-0.2, 0) is 9.84 Å². The molecule has 0 spiro atoms. The number of nitrogens with zero attached hydrogens (tertiary/aromatic N) is 1. The van der Waals surface area contributed by atoms with E-state index in [0.717, 1.165) is 11.3 Å². The second-order valence-electron chi connectivity index (χ2n) is 3.32. The van der Waals surface area contributed by atoms with Crippen molar-refractivity contribution in [1.29, 1.82) is 0 Å². The summed E-state index contributed by atoms with van der Waals surface area (Å²) in [6.45, 7) is 0. The van der Waals surface area contributed by atoms with Gasteiger partial charge in [-0.15, -0.1) is 11.3 Å². The van der Waals surface area contributed by atoms with E-state index in [1.165, 1.54) is 0 Å². The second kappa shape index (κ2) is 3.95. The molecule has 0 aliphatic carbocycles. The number of hydrogen-bond donors (Lipinski definition) is 0. The van der Waals surface area contributed by atoms with E-state index in [0.29, 0.717) is 10.2 Å². The first-order valence-corrected chi connectivity index (χ1v) is 6.90. The normalized spacial score (nSPS) is 13.1. The molecule has 0 atom stereocenters. The number of sulfone groups is 1. The van der Waals surface area contributed by atoms with Crippen LogP contribution < -0.4 is 0 Å². The smallest absolute Gasteiger partial charge is 0.225 e. The SMILES string of the molecule is O=S(=O)(CC(F)(F)F)c1nc2ccccc2s1. The number of thiazole rings is 1. The second-order valence-corrected chi connectivity index (χ2v) is 6.52. The maximum Gasteiger partial charge on any atom is 0.403 e.